The number of carbonyl (C=O) groups is 1. The SMILES string of the molecule is C=CC(=O)N1CC(CN2CCc3c(C)c(-c4cc(O[C@H](CO)c5ccc(F)cn5)c5c(Cl)cnn5c4)nn3CC2)C1. The standard InChI is InChI=1S/C29H31ClFN7O3/c1-3-27(40)36-14-19(15-36)13-35-7-6-24-18(2)28(34-37(24)9-8-35)20-10-25(29-22(30)12-33-38(29)16-20)41-26(17-39)23-5-4-21(31)11-32-23/h3-5,10-12,16,19,26,39H,1,6-9,13-15,17H2,2H3/t26-/m1/s1. The van der Waals surface area contributed by atoms with Gasteiger partial charge in [0, 0.05) is 62.5 Å². The molecule has 2 aliphatic rings. The number of pyridine rings is 2. The van der Waals surface area contributed by atoms with Gasteiger partial charge >= 0.3 is 0 Å². The Kier molecular flexibility index (Phi) is 7.50. The molecule has 4 aromatic rings. The lowest BCUT2D eigenvalue weighted by Gasteiger charge is -2.41. The number of carbonyl (C=O) groups excluding carboxylic acids is 1. The largest absolute Gasteiger partial charge is 0.479 e. The summed E-state index contributed by atoms with van der Waals surface area (Å²) in [6.45, 7) is 10.4. The van der Waals surface area contributed by atoms with Gasteiger partial charge in [0.2, 0.25) is 5.91 Å². The lowest BCUT2D eigenvalue weighted by atomic mass is 9.99. The predicted octanol–water partition coefficient (Wildman–Crippen LogP) is 3.31. The molecule has 0 saturated carbocycles. The topological polar surface area (TPSA) is 101 Å². The Hall–Kier alpha value is -3.80. The number of fused-ring (bicyclic) bond motifs is 2. The van der Waals surface area contributed by atoms with Crippen molar-refractivity contribution >= 4 is 23.0 Å². The molecule has 6 rings (SSSR count). The molecule has 0 bridgehead atoms. The fourth-order valence-electron chi connectivity index (χ4n) is 5.71. The van der Waals surface area contributed by atoms with E-state index < -0.39 is 11.9 Å². The first-order valence-electron chi connectivity index (χ1n) is 13.6. The van der Waals surface area contributed by atoms with Gasteiger partial charge < -0.3 is 19.6 Å². The zero-order valence-corrected chi connectivity index (χ0v) is 23.5. The van der Waals surface area contributed by atoms with Crippen molar-refractivity contribution in [3.8, 4) is 17.0 Å². The summed E-state index contributed by atoms with van der Waals surface area (Å²) in [6, 6.07) is 4.61. The van der Waals surface area contributed by atoms with E-state index in [2.05, 4.69) is 33.2 Å². The fraction of sp³-hybridized carbons (Fsp3) is 0.379. The molecule has 1 saturated heterocycles. The number of aliphatic hydroxyl groups is 1. The van der Waals surface area contributed by atoms with Crippen molar-refractivity contribution in [2.24, 2.45) is 5.92 Å². The Morgan fingerprint density at radius 3 is 2.85 bits per heavy atom. The molecule has 0 aliphatic carbocycles. The van der Waals surface area contributed by atoms with Gasteiger partial charge in [-0.05, 0) is 36.8 Å². The molecule has 1 fully saturated rings. The summed E-state index contributed by atoms with van der Waals surface area (Å²) in [5.41, 5.74) is 4.83. The molecule has 0 unspecified atom stereocenters. The maximum atomic E-state index is 13.4. The second-order valence-electron chi connectivity index (χ2n) is 10.6. The van der Waals surface area contributed by atoms with Crippen LogP contribution in [-0.4, -0.2) is 84.5 Å². The molecule has 41 heavy (non-hydrogen) atoms. The van der Waals surface area contributed by atoms with Gasteiger partial charge in [-0.1, -0.05) is 18.2 Å². The molecule has 10 nitrogen and oxygen atoms in total. The van der Waals surface area contributed by atoms with Crippen LogP contribution in [0, 0.1) is 18.7 Å². The molecule has 6 heterocycles. The van der Waals surface area contributed by atoms with Crippen LogP contribution in [-0.2, 0) is 17.8 Å². The van der Waals surface area contributed by atoms with Gasteiger partial charge in [-0.3, -0.25) is 14.5 Å². The van der Waals surface area contributed by atoms with Crippen LogP contribution >= 0.6 is 11.6 Å². The van der Waals surface area contributed by atoms with Crippen LogP contribution in [0.3, 0.4) is 0 Å². The molecule has 4 aromatic heterocycles. The number of hydrogen-bond acceptors (Lipinski definition) is 7. The minimum Gasteiger partial charge on any atom is -0.479 e. The van der Waals surface area contributed by atoms with Crippen molar-refractivity contribution in [2.75, 3.05) is 39.3 Å². The third-order valence-electron chi connectivity index (χ3n) is 7.89. The van der Waals surface area contributed by atoms with Crippen LogP contribution in [0.5, 0.6) is 5.75 Å². The number of hydrogen-bond donors (Lipinski definition) is 1. The Balaban J connectivity index is 1.23. The van der Waals surface area contributed by atoms with E-state index in [1.54, 1.807) is 4.52 Å². The fourth-order valence-corrected chi connectivity index (χ4v) is 5.93. The lowest BCUT2D eigenvalue weighted by molar-refractivity contribution is -0.132. The van der Waals surface area contributed by atoms with Gasteiger partial charge in [0.05, 0.1) is 42.0 Å². The summed E-state index contributed by atoms with van der Waals surface area (Å²) in [4.78, 5) is 20.1. The summed E-state index contributed by atoms with van der Waals surface area (Å²) < 4.78 is 23.4. The quantitative estimate of drug-likeness (QED) is 0.320. The molecule has 214 valence electrons. The highest BCUT2D eigenvalue weighted by molar-refractivity contribution is 6.34. The van der Waals surface area contributed by atoms with Gasteiger partial charge in [0.1, 0.15) is 17.1 Å². The first-order valence-corrected chi connectivity index (χ1v) is 14.0. The first kappa shape index (κ1) is 27.4. The van der Waals surface area contributed by atoms with Crippen molar-refractivity contribution in [2.45, 2.75) is 26.0 Å². The van der Waals surface area contributed by atoms with E-state index in [1.807, 2.05) is 17.2 Å². The van der Waals surface area contributed by atoms with Crippen LogP contribution in [0.1, 0.15) is 23.1 Å². The molecule has 1 atom stereocenters. The smallest absolute Gasteiger partial charge is 0.245 e. The number of rotatable bonds is 8. The van der Waals surface area contributed by atoms with Crippen molar-refractivity contribution in [1.82, 2.24) is 34.2 Å². The molecule has 1 N–H and O–H groups in total. The maximum absolute atomic E-state index is 13.4. The minimum atomic E-state index is -0.830. The molecule has 12 heteroatoms. The normalized spacial score (nSPS) is 16.7. The zero-order chi connectivity index (χ0) is 28.7. The average Bonchev–Trinajstić information content (AvgIpc) is 3.41. The van der Waals surface area contributed by atoms with Gasteiger partial charge in [-0.25, -0.2) is 8.91 Å². The van der Waals surface area contributed by atoms with Crippen LogP contribution < -0.4 is 4.74 Å². The second-order valence-corrected chi connectivity index (χ2v) is 11.0. The van der Waals surface area contributed by atoms with E-state index >= 15 is 0 Å². The van der Waals surface area contributed by atoms with Crippen LogP contribution in [0.4, 0.5) is 4.39 Å². The number of ether oxygens (including phenoxy) is 1. The Morgan fingerprint density at radius 1 is 1.29 bits per heavy atom. The van der Waals surface area contributed by atoms with Gasteiger partial charge in [-0.2, -0.15) is 10.2 Å². The first-order chi connectivity index (χ1) is 19.8. The Bertz CT molecular complexity index is 1600. The van der Waals surface area contributed by atoms with E-state index in [0.29, 0.717) is 27.9 Å². The van der Waals surface area contributed by atoms with Crippen LogP contribution in [0.25, 0.3) is 16.8 Å². The third kappa shape index (κ3) is 5.32. The number of likely N-dealkylation sites (tertiary alicyclic amines) is 1. The summed E-state index contributed by atoms with van der Waals surface area (Å²) in [5, 5.41) is 19.8. The van der Waals surface area contributed by atoms with Gasteiger partial charge in [0.15, 0.2) is 6.10 Å². The number of amides is 1. The number of halogens is 2. The molecule has 0 radical (unpaired) electrons. The number of aliphatic hydroxyl groups excluding tert-OH is 1. The van der Waals surface area contributed by atoms with Crippen molar-refractivity contribution in [3.63, 3.8) is 0 Å². The second kappa shape index (κ2) is 11.2. The molecule has 0 spiro atoms. The van der Waals surface area contributed by atoms with Crippen LogP contribution in [0.2, 0.25) is 5.02 Å². The molecule has 2 aliphatic heterocycles. The van der Waals surface area contributed by atoms with E-state index in [9.17, 15) is 14.3 Å². The lowest BCUT2D eigenvalue weighted by Crippen LogP contribution is -2.53. The van der Waals surface area contributed by atoms with Gasteiger partial charge in [-0.15, -0.1) is 0 Å². The van der Waals surface area contributed by atoms with E-state index in [-0.39, 0.29) is 12.5 Å². The molecule has 1 amide bonds. The van der Waals surface area contributed by atoms with Crippen molar-refractivity contribution in [3.05, 3.63) is 77.2 Å². The highest BCUT2D eigenvalue weighted by atomic mass is 35.5. The number of aromatic nitrogens is 5. The highest BCUT2D eigenvalue weighted by Crippen LogP contribution is 2.36. The zero-order valence-electron chi connectivity index (χ0n) is 22.7. The van der Waals surface area contributed by atoms with Crippen molar-refractivity contribution < 1.29 is 19.0 Å². The number of nitrogens with zero attached hydrogens (tertiary/aromatic N) is 7. The molecular formula is C29H31ClFN7O3. The third-order valence-corrected chi connectivity index (χ3v) is 8.17. The predicted molar refractivity (Wildman–Crippen MR) is 151 cm³/mol. The van der Waals surface area contributed by atoms with E-state index in [1.165, 1.54) is 30.1 Å². The van der Waals surface area contributed by atoms with Gasteiger partial charge in [0.25, 0.3) is 0 Å². The maximum Gasteiger partial charge on any atom is 0.245 e. The van der Waals surface area contributed by atoms with E-state index in [0.717, 1.165) is 68.7 Å². The average molecular weight is 580 g/mol. The Morgan fingerprint density at radius 2 is 2.12 bits per heavy atom. The summed E-state index contributed by atoms with van der Waals surface area (Å²) >= 11 is 6.46. The molecule has 0 aromatic carbocycles. The van der Waals surface area contributed by atoms with E-state index in [4.69, 9.17) is 21.4 Å². The van der Waals surface area contributed by atoms with Crippen LogP contribution in [0.15, 0.2) is 49.4 Å². The molecular weight excluding hydrogens is 549 g/mol. The Labute approximate surface area is 241 Å². The summed E-state index contributed by atoms with van der Waals surface area (Å²) in [5.74, 6) is 0.429. The monoisotopic (exact) mass is 579 g/mol. The summed E-state index contributed by atoms with van der Waals surface area (Å²) in [7, 11) is 0. The highest BCUT2D eigenvalue weighted by Gasteiger charge is 2.31. The minimum absolute atomic E-state index is 0.00328. The van der Waals surface area contributed by atoms with Crippen molar-refractivity contribution in [1.29, 1.82) is 0 Å². The summed E-state index contributed by atoms with van der Waals surface area (Å²) in [6.07, 6.45) is 5.91.